The molecule has 2 atom stereocenters. The molecule has 1 amide bonds. The molecule has 7 nitrogen and oxygen atoms in total. The Morgan fingerprint density at radius 1 is 1.16 bits per heavy atom. The van der Waals surface area contributed by atoms with Gasteiger partial charge in [-0.3, -0.25) is 4.99 Å². The summed E-state index contributed by atoms with van der Waals surface area (Å²) in [5.41, 5.74) is 2.01. The van der Waals surface area contributed by atoms with Crippen LogP contribution in [0.1, 0.15) is 64.2 Å². The maximum atomic E-state index is 11.7. The van der Waals surface area contributed by atoms with Crippen LogP contribution in [0.2, 0.25) is 0 Å². The van der Waals surface area contributed by atoms with Crippen molar-refractivity contribution in [2.45, 2.75) is 65.6 Å². The van der Waals surface area contributed by atoms with Gasteiger partial charge in [0.25, 0.3) is 0 Å². The van der Waals surface area contributed by atoms with Crippen LogP contribution < -0.4 is 16.0 Å². The molecular weight excluding hydrogens is 392 g/mol. The molecule has 0 saturated carbocycles. The van der Waals surface area contributed by atoms with E-state index in [1.165, 1.54) is 11.1 Å². The van der Waals surface area contributed by atoms with Crippen LogP contribution in [-0.4, -0.2) is 50.4 Å². The molecule has 0 radical (unpaired) electrons. The van der Waals surface area contributed by atoms with Crippen molar-refractivity contribution in [2.75, 3.05) is 32.8 Å². The molecule has 1 fully saturated rings. The molecule has 1 saturated heterocycles. The van der Waals surface area contributed by atoms with Crippen LogP contribution in [0.4, 0.5) is 4.79 Å². The van der Waals surface area contributed by atoms with Crippen molar-refractivity contribution < 1.29 is 14.3 Å². The summed E-state index contributed by atoms with van der Waals surface area (Å²) in [6, 6.07) is 8.63. The standard InChI is InChI=1S/C24H40N4O3/c1-6-25-22(26-14-8-15-27-23(29)31-24(3,4)5)28-17-20-9-7-16-30-21(20)19-12-10-18(2)11-13-19/h10-13,20-21H,6-9,14-17H2,1-5H3,(H,27,29)(H2,25,26,28). The van der Waals surface area contributed by atoms with E-state index in [0.29, 0.717) is 25.6 Å². The third-order valence-electron chi connectivity index (χ3n) is 4.99. The van der Waals surface area contributed by atoms with Crippen LogP contribution in [0.25, 0.3) is 0 Å². The lowest BCUT2D eigenvalue weighted by Crippen LogP contribution is -2.40. The number of carbonyl (C=O) groups excluding carboxylic acids is 1. The summed E-state index contributed by atoms with van der Waals surface area (Å²) in [6.45, 7) is 13.3. The molecule has 1 aliphatic rings. The van der Waals surface area contributed by atoms with Crippen molar-refractivity contribution in [3.8, 4) is 0 Å². The largest absolute Gasteiger partial charge is 0.444 e. The fraction of sp³-hybridized carbons (Fsp3) is 0.667. The molecular formula is C24H40N4O3. The van der Waals surface area contributed by atoms with E-state index in [2.05, 4.69) is 54.1 Å². The Labute approximate surface area is 187 Å². The number of benzene rings is 1. The molecule has 1 heterocycles. The monoisotopic (exact) mass is 432 g/mol. The molecule has 0 spiro atoms. The number of carbonyl (C=O) groups is 1. The third kappa shape index (κ3) is 9.59. The number of aliphatic imine (C=N–C) groups is 1. The molecule has 2 rings (SSSR count). The van der Waals surface area contributed by atoms with E-state index in [1.807, 2.05) is 20.8 Å². The number of alkyl carbamates (subject to hydrolysis) is 1. The van der Waals surface area contributed by atoms with Crippen LogP contribution in [0.3, 0.4) is 0 Å². The van der Waals surface area contributed by atoms with Gasteiger partial charge in [-0.25, -0.2) is 4.79 Å². The number of ether oxygens (including phenoxy) is 2. The Kier molecular flexibility index (Phi) is 10.1. The molecule has 31 heavy (non-hydrogen) atoms. The smallest absolute Gasteiger partial charge is 0.407 e. The van der Waals surface area contributed by atoms with Crippen LogP contribution in [0.5, 0.6) is 0 Å². The summed E-state index contributed by atoms with van der Waals surface area (Å²) in [5, 5.41) is 9.43. The third-order valence-corrected chi connectivity index (χ3v) is 4.99. The average molecular weight is 433 g/mol. The lowest BCUT2D eigenvalue weighted by Gasteiger charge is -2.31. The zero-order chi connectivity index (χ0) is 22.7. The predicted molar refractivity (Wildman–Crippen MR) is 125 cm³/mol. The molecule has 0 aromatic heterocycles. The van der Waals surface area contributed by atoms with Gasteiger partial charge in [0.05, 0.1) is 6.10 Å². The van der Waals surface area contributed by atoms with Gasteiger partial charge in [-0.2, -0.15) is 0 Å². The normalized spacial score (nSPS) is 19.6. The highest BCUT2D eigenvalue weighted by atomic mass is 16.6. The summed E-state index contributed by atoms with van der Waals surface area (Å²) in [7, 11) is 0. The maximum absolute atomic E-state index is 11.7. The molecule has 1 aromatic rings. The highest BCUT2D eigenvalue weighted by Crippen LogP contribution is 2.33. The second-order valence-corrected chi connectivity index (χ2v) is 9.03. The SMILES string of the molecule is CCNC(=NCC1CCCOC1c1ccc(C)cc1)NCCCNC(=O)OC(C)(C)C. The van der Waals surface area contributed by atoms with Crippen LogP contribution in [-0.2, 0) is 9.47 Å². The summed E-state index contributed by atoms with van der Waals surface area (Å²) < 4.78 is 11.4. The minimum atomic E-state index is -0.480. The van der Waals surface area contributed by atoms with Crippen LogP contribution >= 0.6 is 0 Å². The highest BCUT2D eigenvalue weighted by molar-refractivity contribution is 5.79. The molecule has 7 heteroatoms. The minimum absolute atomic E-state index is 0.0963. The fourth-order valence-corrected chi connectivity index (χ4v) is 3.50. The van der Waals surface area contributed by atoms with Crippen molar-refractivity contribution in [3.63, 3.8) is 0 Å². The van der Waals surface area contributed by atoms with Crippen LogP contribution in [0, 0.1) is 12.8 Å². The van der Waals surface area contributed by atoms with Gasteiger partial charge in [-0.1, -0.05) is 29.8 Å². The number of hydrogen-bond acceptors (Lipinski definition) is 4. The number of amides is 1. The van der Waals surface area contributed by atoms with Crippen molar-refractivity contribution >= 4 is 12.1 Å². The number of guanidine groups is 1. The van der Waals surface area contributed by atoms with E-state index < -0.39 is 5.60 Å². The van der Waals surface area contributed by atoms with E-state index in [9.17, 15) is 4.79 Å². The average Bonchev–Trinajstić information content (AvgIpc) is 2.71. The van der Waals surface area contributed by atoms with E-state index in [-0.39, 0.29) is 12.2 Å². The van der Waals surface area contributed by atoms with E-state index in [0.717, 1.165) is 38.4 Å². The quantitative estimate of drug-likeness (QED) is 0.329. The first kappa shape index (κ1) is 25.0. The maximum Gasteiger partial charge on any atom is 0.407 e. The highest BCUT2D eigenvalue weighted by Gasteiger charge is 2.27. The molecule has 0 bridgehead atoms. The molecule has 0 aliphatic carbocycles. The summed E-state index contributed by atoms with van der Waals surface area (Å²) in [5.74, 6) is 1.16. The van der Waals surface area contributed by atoms with E-state index in [4.69, 9.17) is 14.5 Å². The number of nitrogens with one attached hydrogen (secondary N) is 3. The van der Waals surface area contributed by atoms with Gasteiger partial charge >= 0.3 is 6.09 Å². The second-order valence-electron chi connectivity index (χ2n) is 9.03. The Balaban J connectivity index is 1.82. The minimum Gasteiger partial charge on any atom is -0.444 e. The van der Waals surface area contributed by atoms with Crippen LogP contribution in [0.15, 0.2) is 29.3 Å². The number of nitrogens with zero attached hydrogens (tertiary/aromatic N) is 1. The van der Waals surface area contributed by atoms with Gasteiger partial charge < -0.3 is 25.4 Å². The summed E-state index contributed by atoms with van der Waals surface area (Å²) in [4.78, 5) is 16.5. The number of hydrogen-bond donors (Lipinski definition) is 3. The first-order valence-electron chi connectivity index (χ1n) is 11.5. The lowest BCUT2D eigenvalue weighted by atomic mass is 9.89. The number of rotatable bonds is 8. The van der Waals surface area contributed by atoms with Gasteiger partial charge in [-0.05, 0) is 59.4 Å². The zero-order valence-electron chi connectivity index (χ0n) is 19.8. The topological polar surface area (TPSA) is 84.0 Å². The van der Waals surface area contributed by atoms with Crippen molar-refractivity contribution in [3.05, 3.63) is 35.4 Å². The number of aryl methyl sites for hydroxylation is 1. The zero-order valence-corrected chi connectivity index (χ0v) is 19.8. The molecule has 1 aliphatic heterocycles. The van der Waals surface area contributed by atoms with E-state index in [1.54, 1.807) is 0 Å². The molecule has 174 valence electrons. The van der Waals surface area contributed by atoms with E-state index >= 15 is 0 Å². The fourth-order valence-electron chi connectivity index (χ4n) is 3.50. The van der Waals surface area contributed by atoms with Gasteiger partial charge in [0, 0.05) is 38.7 Å². The van der Waals surface area contributed by atoms with Gasteiger partial charge in [0.15, 0.2) is 5.96 Å². The Bertz CT molecular complexity index is 698. The Morgan fingerprint density at radius 3 is 2.55 bits per heavy atom. The lowest BCUT2D eigenvalue weighted by molar-refractivity contribution is -0.0250. The van der Waals surface area contributed by atoms with Crippen molar-refractivity contribution in [1.82, 2.24) is 16.0 Å². The van der Waals surface area contributed by atoms with Crippen molar-refractivity contribution in [1.29, 1.82) is 0 Å². The molecule has 2 unspecified atom stereocenters. The van der Waals surface area contributed by atoms with Gasteiger partial charge in [0.2, 0.25) is 0 Å². The molecule has 3 N–H and O–H groups in total. The molecule has 1 aromatic carbocycles. The predicted octanol–water partition coefficient (Wildman–Crippen LogP) is 3.93. The Hall–Kier alpha value is -2.28. The first-order chi connectivity index (χ1) is 14.8. The summed E-state index contributed by atoms with van der Waals surface area (Å²) in [6.07, 6.45) is 2.68. The van der Waals surface area contributed by atoms with Gasteiger partial charge in [0.1, 0.15) is 5.60 Å². The summed E-state index contributed by atoms with van der Waals surface area (Å²) >= 11 is 0. The Morgan fingerprint density at radius 2 is 1.87 bits per heavy atom. The van der Waals surface area contributed by atoms with Crippen molar-refractivity contribution in [2.24, 2.45) is 10.9 Å². The first-order valence-corrected chi connectivity index (χ1v) is 11.5. The van der Waals surface area contributed by atoms with Gasteiger partial charge in [-0.15, -0.1) is 0 Å². The second kappa shape index (κ2) is 12.5.